The quantitative estimate of drug-likeness (QED) is 0.880. The summed E-state index contributed by atoms with van der Waals surface area (Å²) < 4.78 is 0. The number of aryl methyl sites for hydroxylation is 1. The SMILES string of the molecule is Cc1ccc(NC(=O)CN(C)[C@@H](C(=O)N(C)C)c2ccccc2)cc1. The molecular weight excluding hydrogens is 314 g/mol. The van der Waals surface area contributed by atoms with Crippen molar-refractivity contribution in [2.24, 2.45) is 0 Å². The van der Waals surface area contributed by atoms with E-state index in [4.69, 9.17) is 0 Å². The van der Waals surface area contributed by atoms with Gasteiger partial charge in [0.15, 0.2) is 0 Å². The minimum absolute atomic E-state index is 0.0585. The summed E-state index contributed by atoms with van der Waals surface area (Å²) in [5.74, 6) is -0.212. The number of hydrogen-bond donors (Lipinski definition) is 1. The first-order valence-electron chi connectivity index (χ1n) is 8.21. The van der Waals surface area contributed by atoms with E-state index < -0.39 is 6.04 Å². The fourth-order valence-corrected chi connectivity index (χ4v) is 2.62. The lowest BCUT2D eigenvalue weighted by molar-refractivity contribution is -0.134. The van der Waals surface area contributed by atoms with Crippen LogP contribution in [0.1, 0.15) is 17.2 Å². The minimum Gasteiger partial charge on any atom is -0.347 e. The average Bonchev–Trinajstić information content (AvgIpc) is 2.58. The van der Waals surface area contributed by atoms with Gasteiger partial charge in [-0.1, -0.05) is 48.0 Å². The first-order chi connectivity index (χ1) is 11.9. The van der Waals surface area contributed by atoms with Crippen molar-refractivity contribution < 1.29 is 9.59 Å². The van der Waals surface area contributed by atoms with Crippen LogP contribution in [-0.4, -0.2) is 49.3 Å². The van der Waals surface area contributed by atoms with E-state index in [1.54, 1.807) is 30.9 Å². The average molecular weight is 339 g/mol. The molecule has 2 aromatic rings. The second-order valence-corrected chi connectivity index (χ2v) is 6.38. The number of hydrogen-bond acceptors (Lipinski definition) is 3. The number of carbonyl (C=O) groups is 2. The van der Waals surface area contributed by atoms with Gasteiger partial charge in [-0.05, 0) is 31.7 Å². The summed E-state index contributed by atoms with van der Waals surface area (Å²) in [6.07, 6.45) is 0. The number of carbonyl (C=O) groups excluding carboxylic acids is 2. The molecule has 2 rings (SSSR count). The number of nitrogens with zero attached hydrogens (tertiary/aromatic N) is 2. The van der Waals surface area contributed by atoms with Gasteiger partial charge in [-0.25, -0.2) is 0 Å². The van der Waals surface area contributed by atoms with Crippen molar-refractivity contribution in [1.82, 2.24) is 9.80 Å². The van der Waals surface area contributed by atoms with Crippen LogP contribution in [0.5, 0.6) is 0 Å². The Bertz CT molecular complexity index is 711. The standard InChI is InChI=1S/C20H25N3O2/c1-15-10-12-17(13-11-15)21-18(24)14-23(4)19(20(25)22(2)3)16-8-6-5-7-9-16/h5-13,19H,14H2,1-4H3,(H,21,24)/t19-/m1/s1. The maximum Gasteiger partial charge on any atom is 0.244 e. The van der Waals surface area contributed by atoms with Gasteiger partial charge >= 0.3 is 0 Å². The van der Waals surface area contributed by atoms with Crippen LogP contribution in [-0.2, 0) is 9.59 Å². The zero-order valence-corrected chi connectivity index (χ0v) is 15.2. The Morgan fingerprint density at radius 1 is 0.960 bits per heavy atom. The second kappa shape index (κ2) is 8.44. The predicted octanol–water partition coefficient (Wildman–Crippen LogP) is 2.69. The maximum absolute atomic E-state index is 12.6. The van der Waals surface area contributed by atoms with Gasteiger partial charge in [0.25, 0.3) is 0 Å². The lowest BCUT2D eigenvalue weighted by Gasteiger charge is -2.29. The fraction of sp³-hybridized carbons (Fsp3) is 0.300. The number of benzene rings is 2. The van der Waals surface area contributed by atoms with E-state index in [2.05, 4.69) is 5.32 Å². The number of likely N-dealkylation sites (N-methyl/N-ethyl adjacent to an activating group) is 2. The summed E-state index contributed by atoms with van der Waals surface area (Å²) in [6.45, 7) is 2.11. The van der Waals surface area contributed by atoms with Gasteiger partial charge in [0.2, 0.25) is 11.8 Å². The van der Waals surface area contributed by atoms with Crippen molar-refractivity contribution in [1.29, 1.82) is 0 Å². The Morgan fingerprint density at radius 2 is 1.56 bits per heavy atom. The molecule has 0 bridgehead atoms. The van der Waals surface area contributed by atoms with Gasteiger partial charge in [0.1, 0.15) is 6.04 Å². The Labute approximate surface area is 149 Å². The fourth-order valence-electron chi connectivity index (χ4n) is 2.62. The zero-order valence-electron chi connectivity index (χ0n) is 15.2. The van der Waals surface area contributed by atoms with E-state index in [0.717, 1.165) is 16.8 Å². The van der Waals surface area contributed by atoms with Crippen molar-refractivity contribution in [3.05, 3.63) is 65.7 Å². The lowest BCUT2D eigenvalue weighted by atomic mass is 10.0. The van der Waals surface area contributed by atoms with E-state index in [1.807, 2.05) is 61.5 Å². The molecule has 0 saturated heterocycles. The number of rotatable bonds is 6. The van der Waals surface area contributed by atoms with E-state index in [9.17, 15) is 9.59 Å². The van der Waals surface area contributed by atoms with Gasteiger partial charge in [-0.3, -0.25) is 14.5 Å². The van der Waals surface area contributed by atoms with Crippen LogP contribution >= 0.6 is 0 Å². The van der Waals surface area contributed by atoms with Crippen LogP contribution in [0.15, 0.2) is 54.6 Å². The van der Waals surface area contributed by atoms with Gasteiger partial charge in [-0.15, -0.1) is 0 Å². The Kier molecular flexibility index (Phi) is 6.31. The summed E-state index contributed by atoms with van der Waals surface area (Å²) >= 11 is 0. The second-order valence-electron chi connectivity index (χ2n) is 6.38. The van der Waals surface area contributed by atoms with E-state index in [-0.39, 0.29) is 18.4 Å². The first kappa shape index (κ1) is 18.7. The highest BCUT2D eigenvalue weighted by atomic mass is 16.2. The highest BCUT2D eigenvalue weighted by Crippen LogP contribution is 2.21. The van der Waals surface area contributed by atoms with Gasteiger partial charge in [-0.2, -0.15) is 0 Å². The molecule has 0 aliphatic carbocycles. The van der Waals surface area contributed by atoms with Crippen LogP contribution < -0.4 is 5.32 Å². The third kappa shape index (κ3) is 5.16. The molecule has 5 nitrogen and oxygen atoms in total. The molecule has 132 valence electrons. The third-order valence-corrected chi connectivity index (χ3v) is 3.96. The number of amides is 2. The molecule has 5 heteroatoms. The summed E-state index contributed by atoms with van der Waals surface area (Å²) in [5, 5.41) is 2.87. The molecule has 0 radical (unpaired) electrons. The molecule has 0 heterocycles. The van der Waals surface area contributed by atoms with E-state index >= 15 is 0 Å². The van der Waals surface area contributed by atoms with Crippen LogP contribution in [0.4, 0.5) is 5.69 Å². The van der Waals surface area contributed by atoms with Crippen LogP contribution in [0.2, 0.25) is 0 Å². The van der Waals surface area contributed by atoms with Gasteiger partial charge < -0.3 is 10.2 Å². The topological polar surface area (TPSA) is 52.7 Å². The highest BCUT2D eigenvalue weighted by Gasteiger charge is 2.27. The van der Waals surface area contributed by atoms with Gasteiger partial charge in [0.05, 0.1) is 6.54 Å². The summed E-state index contributed by atoms with van der Waals surface area (Å²) in [4.78, 5) is 28.3. The Hall–Kier alpha value is -2.66. The van der Waals surface area contributed by atoms with Crippen molar-refractivity contribution in [2.45, 2.75) is 13.0 Å². The third-order valence-electron chi connectivity index (χ3n) is 3.96. The van der Waals surface area contributed by atoms with Crippen molar-refractivity contribution in [3.8, 4) is 0 Å². The smallest absolute Gasteiger partial charge is 0.244 e. The molecule has 0 spiro atoms. The molecule has 2 amide bonds. The minimum atomic E-state index is -0.500. The molecular formula is C20H25N3O2. The molecule has 0 aromatic heterocycles. The van der Waals surface area contributed by atoms with Gasteiger partial charge in [0, 0.05) is 19.8 Å². The van der Waals surface area contributed by atoms with Crippen LogP contribution in [0.3, 0.4) is 0 Å². The molecule has 1 atom stereocenters. The van der Waals surface area contributed by atoms with Crippen molar-refractivity contribution in [3.63, 3.8) is 0 Å². The molecule has 2 aromatic carbocycles. The summed E-state index contributed by atoms with van der Waals surface area (Å²) in [7, 11) is 5.23. The normalized spacial score (nSPS) is 11.9. The predicted molar refractivity (Wildman–Crippen MR) is 100 cm³/mol. The Morgan fingerprint density at radius 3 is 2.12 bits per heavy atom. The maximum atomic E-state index is 12.6. The largest absolute Gasteiger partial charge is 0.347 e. The first-order valence-corrected chi connectivity index (χ1v) is 8.21. The van der Waals surface area contributed by atoms with E-state index in [0.29, 0.717) is 0 Å². The summed E-state index contributed by atoms with van der Waals surface area (Å²) in [6, 6.07) is 16.6. The Balaban J connectivity index is 2.10. The molecule has 0 fully saturated rings. The monoisotopic (exact) mass is 339 g/mol. The molecule has 25 heavy (non-hydrogen) atoms. The van der Waals surface area contributed by atoms with Crippen LogP contribution in [0.25, 0.3) is 0 Å². The number of nitrogens with one attached hydrogen (secondary N) is 1. The molecule has 0 aliphatic rings. The number of anilines is 1. The molecule has 0 aliphatic heterocycles. The summed E-state index contributed by atoms with van der Waals surface area (Å²) in [5.41, 5.74) is 2.75. The molecule has 0 unspecified atom stereocenters. The lowest BCUT2D eigenvalue weighted by Crippen LogP contribution is -2.41. The molecule has 1 N–H and O–H groups in total. The van der Waals surface area contributed by atoms with Crippen molar-refractivity contribution >= 4 is 17.5 Å². The zero-order chi connectivity index (χ0) is 18.4. The highest BCUT2D eigenvalue weighted by molar-refractivity contribution is 5.93. The van der Waals surface area contributed by atoms with Crippen molar-refractivity contribution in [2.75, 3.05) is 33.0 Å². The van der Waals surface area contributed by atoms with Crippen LogP contribution in [0, 0.1) is 6.92 Å². The van der Waals surface area contributed by atoms with E-state index in [1.165, 1.54) is 0 Å². The molecule has 0 saturated carbocycles.